The maximum absolute atomic E-state index is 12.0. The summed E-state index contributed by atoms with van der Waals surface area (Å²) in [6, 6.07) is 10.0. The summed E-state index contributed by atoms with van der Waals surface area (Å²) in [7, 11) is -3.70. The zero-order chi connectivity index (χ0) is 17.7. The summed E-state index contributed by atoms with van der Waals surface area (Å²) in [5.74, 6) is 0.0674. The Morgan fingerprint density at radius 3 is 2.50 bits per heavy atom. The van der Waals surface area contributed by atoms with Crippen LogP contribution in [0.3, 0.4) is 0 Å². The molecule has 24 heavy (non-hydrogen) atoms. The van der Waals surface area contributed by atoms with Gasteiger partial charge in [-0.1, -0.05) is 18.2 Å². The van der Waals surface area contributed by atoms with Gasteiger partial charge in [-0.2, -0.15) is 4.21 Å². The number of sulfonamides is 1. The fraction of sp³-hybridized carbons (Fsp3) is 0. The van der Waals surface area contributed by atoms with Gasteiger partial charge >= 0.3 is 11.3 Å². The smallest absolute Gasteiger partial charge is 0.316 e. The van der Waals surface area contributed by atoms with Gasteiger partial charge in [0.2, 0.25) is 0 Å². The fourth-order valence-electron chi connectivity index (χ4n) is 1.58. The second-order valence-electron chi connectivity index (χ2n) is 4.42. The topological polar surface area (TPSA) is 105 Å². The van der Waals surface area contributed by atoms with Crippen LogP contribution in [0.4, 0.5) is 11.4 Å². The normalized spacial score (nSPS) is 12.2. The van der Waals surface area contributed by atoms with Crippen molar-refractivity contribution in [2.75, 3.05) is 9.44 Å². The van der Waals surface area contributed by atoms with Gasteiger partial charge < -0.3 is 9.29 Å². The van der Waals surface area contributed by atoms with Crippen molar-refractivity contribution in [3.8, 4) is 11.5 Å². The van der Waals surface area contributed by atoms with Crippen LogP contribution >= 0.6 is 11.6 Å². The molecule has 1 atom stereocenters. The van der Waals surface area contributed by atoms with Crippen LogP contribution in [0.25, 0.3) is 0 Å². The highest BCUT2D eigenvalue weighted by Crippen LogP contribution is 2.28. The van der Waals surface area contributed by atoms with E-state index >= 15 is 0 Å². The van der Waals surface area contributed by atoms with Crippen LogP contribution in [-0.2, 0) is 21.3 Å². The van der Waals surface area contributed by atoms with Gasteiger partial charge in [0.15, 0.2) is 0 Å². The summed E-state index contributed by atoms with van der Waals surface area (Å²) in [6.07, 6.45) is 0. The first kappa shape index (κ1) is 18.1. The minimum Gasteiger partial charge on any atom is -0.506 e. The highest BCUT2D eigenvalue weighted by Gasteiger charge is 2.11. The van der Waals surface area contributed by atoms with Crippen molar-refractivity contribution in [2.45, 2.75) is 0 Å². The first-order valence-electron chi connectivity index (χ1n) is 6.39. The van der Waals surface area contributed by atoms with Gasteiger partial charge in [0, 0.05) is 10.4 Å². The molecule has 2 rings (SSSR count). The Morgan fingerprint density at radius 2 is 1.88 bits per heavy atom. The standard InChI is InChI=1S/C14H13ClN2O5S2/c1-2-24(20,21)17-11-5-8-14(18)13(9-11)16-23(19)22-12-6-3-10(15)4-7-12/h2-9,16-18H,1H2. The summed E-state index contributed by atoms with van der Waals surface area (Å²) in [5, 5.41) is 11.0. The van der Waals surface area contributed by atoms with Crippen LogP contribution in [0.2, 0.25) is 5.02 Å². The number of halogens is 1. The van der Waals surface area contributed by atoms with Crippen molar-refractivity contribution in [1.29, 1.82) is 0 Å². The first-order chi connectivity index (χ1) is 11.3. The van der Waals surface area contributed by atoms with E-state index in [2.05, 4.69) is 16.0 Å². The predicted molar refractivity (Wildman–Crippen MR) is 94.7 cm³/mol. The molecule has 0 saturated carbocycles. The van der Waals surface area contributed by atoms with E-state index in [0.717, 1.165) is 5.41 Å². The number of hydrogen-bond acceptors (Lipinski definition) is 5. The molecule has 0 heterocycles. The van der Waals surface area contributed by atoms with Gasteiger partial charge in [-0.3, -0.25) is 9.44 Å². The molecule has 2 aromatic carbocycles. The van der Waals surface area contributed by atoms with Crippen LogP contribution in [0.15, 0.2) is 54.5 Å². The van der Waals surface area contributed by atoms with E-state index in [1.54, 1.807) is 12.1 Å². The number of anilines is 2. The molecule has 1 unspecified atom stereocenters. The molecule has 7 nitrogen and oxygen atoms in total. The Morgan fingerprint density at radius 1 is 1.21 bits per heavy atom. The van der Waals surface area contributed by atoms with Gasteiger partial charge in [0.1, 0.15) is 11.5 Å². The number of phenols is 1. The Kier molecular flexibility index (Phi) is 5.71. The minimum absolute atomic E-state index is 0.0200. The summed E-state index contributed by atoms with van der Waals surface area (Å²) >= 11 is 3.72. The maximum Gasteiger partial charge on any atom is 0.316 e. The molecule has 10 heteroatoms. The molecule has 3 N–H and O–H groups in total. The van der Waals surface area contributed by atoms with Gasteiger partial charge in [-0.25, -0.2) is 8.42 Å². The summed E-state index contributed by atoms with van der Waals surface area (Å²) in [5.41, 5.74) is 0.172. The van der Waals surface area contributed by atoms with Crippen LogP contribution in [-0.4, -0.2) is 17.7 Å². The molecular weight excluding hydrogens is 376 g/mol. The lowest BCUT2D eigenvalue weighted by atomic mass is 10.3. The van der Waals surface area contributed by atoms with Crippen molar-refractivity contribution >= 4 is 44.3 Å². The average molecular weight is 389 g/mol. The molecule has 2 aromatic rings. The lowest BCUT2D eigenvalue weighted by Crippen LogP contribution is -2.12. The van der Waals surface area contributed by atoms with Gasteiger partial charge in [0.05, 0.1) is 11.4 Å². The van der Waals surface area contributed by atoms with E-state index in [1.165, 1.54) is 30.3 Å². The van der Waals surface area contributed by atoms with Gasteiger partial charge in [-0.05, 0) is 42.5 Å². The molecule has 0 radical (unpaired) electrons. The molecule has 0 aliphatic carbocycles. The van der Waals surface area contributed by atoms with Crippen molar-refractivity contribution in [3.63, 3.8) is 0 Å². The van der Waals surface area contributed by atoms with E-state index in [0.29, 0.717) is 10.8 Å². The summed E-state index contributed by atoms with van der Waals surface area (Å²) in [4.78, 5) is 0. The lowest BCUT2D eigenvalue weighted by molar-refractivity contribution is 0.477. The van der Waals surface area contributed by atoms with Crippen LogP contribution in [0.1, 0.15) is 0 Å². The second-order valence-corrected chi connectivity index (χ2v) is 7.32. The second kappa shape index (κ2) is 7.56. The molecule has 0 bridgehead atoms. The molecule has 0 aliphatic heterocycles. The largest absolute Gasteiger partial charge is 0.506 e. The summed E-state index contributed by atoms with van der Waals surface area (Å²) < 4.78 is 44.6. The quantitative estimate of drug-likeness (QED) is 0.499. The predicted octanol–water partition coefficient (Wildman–Crippen LogP) is 3.00. The monoisotopic (exact) mass is 388 g/mol. The minimum atomic E-state index is -3.70. The Balaban J connectivity index is 2.12. The number of rotatable bonds is 7. The van der Waals surface area contributed by atoms with Crippen LogP contribution in [0, 0.1) is 0 Å². The highest BCUT2D eigenvalue weighted by atomic mass is 35.5. The van der Waals surface area contributed by atoms with Gasteiger partial charge in [-0.15, -0.1) is 0 Å². The number of benzene rings is 2. The highest BCUT2D eigenvalue weighted by molar-refractivity contribution is 7.95. The number of nitrogens with one attached hydrogen (secondary N) is 2. The fourth-order valence-corrected chi connectivity index (χ4v) is 2.91. The third-order valence-corrected chi connectivity index (χ3v) is 4.60. The van der Waals surface area contributed by atoms with Crippen molar-refractivity contribution in [3.05, 3.63) is 59.5 Å². The number of aromatic hydroxyl groups is 1. The van der Waals surface area contributed by atoms with E-state index in [1.807, 2.05) is 0 Å². The molecule has 0 aliphatic rings. The molecule has 0 spiro atoms. The van der Waals surface area contributed by atoms with Crippen molar-refractivity contribution in [2.24, 2.45) is 0 Å². The third-order valence-electron chi connectivity index (χ3n) is 2.65. The van der Waals surface area contributed by atoms with Crippen molar-refractivity contribution in [1.82, 2.24) is 0 Å². The molecule has 0 amide bonds. The molecule has 128 valence electrons. The molecular formula is C14H13ClN2O5S2. The lowest BCUT2D eigenvalue weighted by Gasteiger charge is -2.11. The zero-order valence-corrected chi connectivity index (χ0v) is 14.5. The first-order valence-corrected chi connectivity index (χ1v) is 9.39. The van der Waals surface area contributed by atoms with Crippen molar-refractivity contribution < 1.29 is 21.9 Å². The Labute approximate surface area is 146 Å². The van der Waals surface area contributed by atoms with E-state index in [9.17, 15) is 17.7 Å². The maximum atomic E-state index is 12.0. The average Bonchev–Trinajstić information content (AvgIpc) is 2.52. The number of hydrogen-bond donors (Lipinski definition) is 3. The van der Waals surface area contributed by atoms with Crippen LogP contribution < -0.4 is 13.6 Å². The van der Waals surface area contributed by atoms with Gasteiger partial charge in [0.25, 0.3) is 10.0 Å². The Hall–Kier alpha value is -2.23. The van der Waals surface area contributed by atoms with E-state index in [-0.39, 0.29) is 17.1 Å². The molecule has 0 fully saturated rings. The van der Waals surface area contributed by atoms with E-state index in [4.69, 9.17) is 15.8 Å². The molecule has 0 saturated heterocycles. The zero-order valence-electron chi connectivity index (χ0n) is 12.1. The molecule has 0 aromatic heterocycles. The van der Waals surface area contributed by atoms with E-state index < -0.39 is 21.3 Å². The van der Waals surface area contributed by atoms with Crippen LogP contribution in [0.5, 0.6) is 11.5 Å². The number of phenolic OH excluding ortho intramolecular Hbond substituents is 1. The summed E-state index contributed by atoms with van der Waals surface area (Å²) in [6.45, 7) is 3.18. The SMILES string of the molecule is C=CS(=O)(=O)Nc1ccc(O)c(NS(=O)Oc2ccc(Cl)cc2)c1. The third kappa shape index (κ3) is 5.15. The Bertz CT molecular complexity index is 869.